The first-order chi connectivity index (χ1) is 8.97. The van der Waals surface area contributed by atoms with Gasteiger partial charge in [-0.2, -0.15) is 0 Å². The van der Waals surface area contributed by atoms with E-state index in [4.69, 9.17) is 0 Å². The molecule has 1 heterocycles. The molecule has 2 aliphatic rings. The molecule has 1 aliphatic carbocycles. The highest BCUT2D eigenvalue weighted by molar-refractivity contribution is 5.83. The summed E-state index contributed by atoms with van der Waals surface area (Å²) in [6.07, 6.45) is 6.64. The highest BCUT2D eigenvalue weighted by Gasteiger charge is 2.37. The average Bonchev–Trinajstić information content (AvgIpc) is 2.56. The Morgan fingerprint density at radius 3 is 2.68 bits per heavy atom. The van der Waals surface area contributed by atoms with E-state index in [1.165, 1.54) is 25.7 Å². The molecule has 2 fully saturated rings. The highest BCUT2D eigenvalue weighted by Crippen LogP contribution is 2.30. The number of carbonyl (C=O) groups is 1. The second-order valence-corrected chi connectivity index (χ2v) is 7.16. The fourth-order valence-corrected chi connectivity index (χ4v) is 3.71. The predicted octanol–water partition coefficient (Wildman–Crippen LogP) is 3.01. The van der Waals surface area contributed by atoms with Gasteiger partial charge >= 0.3 is 0 Å². The zero-order valence-electron chi connectivity index (χ0n) is 13.0. The van der Waals surface area contributed by atoms with Gasteiger partial charge in [0.25, 0.3) is 0 Å². The molecule has 0 aromatic carbocycles. The lowest BCUT2D eigenvalue weighted by Crippen LogP contribution is -2.42. The van der Waals surface area contributed by atoms with Crippen molar-refractivity contribution in [2.24, 2.45) is 17.8 Å². The third-order valence-electron chi connectivity index (χ3n) is 4.67. The fourth-order valence-electron chi connectivity index (χ4n) is 3.71. The quantitative estimate of drug-likeness (QED) is 0.848. The summed E-state index contributed by atoms with van der Waals surface area (Å²) in [5.74, 6) is 2.49. The van der Waals surface area contributed by atoms with Crippen LogP contribution in [0.15, 0.2) is 0 Å². The van der Waals surface area contributed by atoms with Gasteiger partial charge in [0.15, 0.2) is 0 Å². The van der Waals surface area contributed by atoms with Crippen LogP contribution in [0.3, 0.4) is 0 Å². The minimum Gasteiger partial charge on any atom is -0.326 e. The van der Waals surface area contributed by atoms with Gasteiger partial charge in [-0.15, -0.1) is 0 Å². The number of nitrogens with zero attached hydrogens (tertiary/aromatic N) is 1. The van der Waals surface area contributed by atoms with Crippen molar-refractivity contribution >= 4 is 5.91 Å². The first-order valence-electron chi connectivity index (χ1n) is 8.04. The summed E-state index contributed by atoms with van der Waals surface area (Å²) >= 11 is 0. The van der Waals surface area contributed by atoms with Crippen molar-refractivity contribution in [3.05, 3.63) is 0 Å². The first kappa shape index (κ1) is 14.8. The Morgan fingerprint density at radius 2 is 2.05 bits per heavy atom. The zero-order valence-corrected chi connectivity index (χ0v) is 13.0. The van der Waals surface area contributed by atoms with Crippen LogP contribution in [0.4, 0.5) is 0 Å². The van der Waals surface area contributed by atoms with Crippen LogP contribution in [0.25, 0.3) is 0 Å². The van der Waals surface area contributed by atoms with E-state index in [2.05, 4.69) is 31.0 Å². The molecule has 0 aromatic heterocycles. The van der Waals surface area contributed by atoms with Crippen molar-refractivity contribution in [2.45, 2.75) is 72.0 Å². The van der Waals surface area contributed by atoms with Crippen molar-refractivity contribution in [3.63, 3.8) is 0 Å². The molecule has 3 nitrogen and oxygen atoms in total. The lowest BCUT2D eigenvalue weighted by Gasteiger charge is -2.33. The summed E-state index contributed by atoms with van der Waals surface area (Å²) in [7, 11) is 0. The lowest BCUT2D eigenvalue weighted by atomic mass is 9.82. The smallest absolute Gasteiger partial charge is 0.240 e. The summed E-state index contributed by atoms with van der Waals surface area (Å²) in [5.41, 5.74) is 0. The minimum atomic E-state index is 0.00441. The van der Waals surface area contributed by atoms with Crippen molar-refractivity contribution < 1.29 is 4.79 Å². The van der Waals surface area contributed by atoms with E-state index < -0.39 is 0 Å². The maximum atomic E-state index is 12.3. The SMILES string of the molecule is CC(C)CC1NC(C)C(=O)N1CC1CCCC(C)C1. The molecule has 0 bridgehead atoms. The van der Waals surface area contributed by atoms with Crippen LogP contribution in [-0.4, -0.2) is 29.6 Å². The summed E-state index contributed by atoms with van der Waals surface area (Å²) in [5, 5.41) is 3.46. The maximum Gasteiger partial charge on any atom is 0.240 e. The summed E-state index contributed by atoms with van der Waals surface area (Å²) in [6, 6.07) is 0.00441. The topological polar surface area (TPSA) is 32.3 Å². The molecule has 3 heteroatoms. The molecule has 19 heavy (non-hydrogen) atoms. The van der Waals surface area contributed by atoms with Crippen molar-refractivity contribution in [1.29, 1.82) is 0 Å². The van der Waals surface area contributed by atoms with Crippen LogP contribution in [-0.2, 0) is 4.79 Å². The third kappa shape index (κ3) is 3.71. The highest BCUT2D eigenvalue weighted by atomic mass is 16.2. The Morgan fingerprint density at radius 1 is 1.32 bits per heavy atom. The van der Waals surface area contributed by atoms with Gasteiger partial charge < -0.3 is 4.90 Å². The Hall–Kier alpha value is -0.570. The van der Waals surface area contributed by atoms with Crippen LogP contribution >= 0.6 is 0 Å². The molecular weight excluding hydrogens is 236 g/mol. The lowest BCUT2D eigenvalue weighted by molar-refractivity contribution is -0.130. The molecule has 4 atom stereocenters. The molecule has 2 rings (SSSR count). The molecule has 0 aromatic rings. The number of amides is 1. The van der Waals surface area contributed by atoms with Gasteiger partial charge in [0.1, 0.15) is 0 Å². The molecule has 1 saturated heterocycles. The monoisotopic (exact) mass is 266 g/mol. The van der Waals surface area contributed by atoms with E-state index >= 15 is 0 Å². The van der Waals surface area contributed by atoms with Crippen LogP contribution in [0, 0.1) is 17.8 Å². The van der Waals surface area contributed by atoms with Gasteiger partial charge in [0.2, 0.25) is 5.91 Å². The first-order valence-corrected chi connectivity index (χ1v) is 8.04. The Balaban J connectivity index is 1.96. The van der Waals surface area contributed by atoms with Crippen LogP contribution in [0.1, 0.15) is 59.8 Å². The number of nitrogens with one attached hydrogen (secondary N) is 1. The van der Waals surface area contributed by atoms with Gasteiger partial charge in [-0.1, -0.05) is 33.6 Å². The molecular formula is C16H30N2O. The number of carbonyl (C=O) groups excluding carboxylic acids is 1. The summed E-state index contributed by atoms with van der Waals surface area (Å²) in [6.45, 7) is 9.79. The van der Waals surface area contributed by atoms with Gasteiger partial charge in [0.05, 0.1) is 12.2 Å². The molecule has 110 valence electrons. The Labute approximate surface area is 118 Å². The molecule has 4 unspecified atom stereocenters. The molecule has 0 radical (unpaired) electrons. The number of rotatable bonds is 4. The molecule has 0 spiro atoms. The molecule has 1 saturated carbocycles. The largest absolute Gasteiger partial charge is 0.326 e. The predicted molar refractivity (Wildman–Crippen MR) is 78.7 cm³/mol. The number of hydrogen-bond donors (Lipinski definition) is 1. The van der Waals surface area contributed by atoms with E-state index in [0.29, 0.717) is 11.8 Å². The van der Waals surface area contributed by atoms with Gasteiger partial charge in [-0.3, -0.25) is 10.1 Å². The van der Waals surface area contributed by atoms with Gasteiger partial charge in [-0.05, 0) is 43.9 Å². The van der Waals surface area contributed by atoms with Gasteiger partial charge in [-0.25, -0.2) is 0 Å². The van der Waals surface area contributed by atoms with E-state index in [-0.39, 0.29) is 12.2 Å². The maximum absolute atomic E-state index is 12.3. The van der Waals surface area contributed by atoms with E-state index in [9.17, 15) is 4.79 Å². The molecule has 1 N–H and O–H groups in total. The van der Waals surface area contributed by atoms with Crippen molar-refractivity contribution in [2.75, 3.05) is 6.54 Å². The summed E-state index contributed by atoms with van der Waals surface area (Å²) < 4.78 is 0. The zero-order chi connectivity index (χ0) is 14.0. The second kappa shape index (κ2) is 6.25. The van der Waals surface area contributed by atoms with Crippen LogP contribution in [0.5, 0.6) is 0 Å². The average molecular weight is 266 g/mol. The Kier molecular flexibility index (Phi) is 4.88. The minimum absolute atomic E-state index is 0.00441. The second-order valence-electron chi connectivity index (χ2n) is 7.16. The van der Waals surface area contributed by atoms with Crippen molar-refractivity contribution in [3.8, 4) is 0 Å². The van der Waals surface area contributed by atoms with E-state index in [0.717, 1.165) is 24.8 Å². The Bertz CT molecular complexity index is 316. The third-order valence-corrected chi connectivity index (χ3v) is 4.67. The molecule has 1 aliphatic heterocycles. The van der Waals surface area contributed by atoms with Gasteiger partial charge in [0, 0.05) is 6.54 Å². The van der Waals surface area contributed by atoms with Crippen LogP contribution < -0.4 is 5.32 Å². The fraction of sp³-hybridized carbons (Fsp3) is 0.938. The van der Waals surface area contributed by atoms with E-state index in [1.54, 1.807) is 0 Å². The van der Waals surface area contributed by atoms with Crippen LogP contribution in [0.2, 0.25) is 0 Å². The van der Waals surface area contributed by atoms with Crippen molar-refractivity contribution in [1.82, 2.24) is 10.2 Å². The summed E-state index contributed by atoms with van der Waals surface area (Å²) in [4.78, 5) is 14.4. The molecule has 1 amide bonds. The standard InChI is InChI=1S/C16H30N2O/c1-11(2)8-15-17-13(4)16(19)18(15)10-14-7-5-6-12(3)9-14/h11-15,17H,5-10H2,1-4H3. The number of hydrogen-bond acceptors (Lipinski definition) is 2. The van der Waals surface area contributed by atoms with E-state index in [1.807, 2.05) is 6.92 Å². The normalized spacial score (nSPS) is 36.3.